The molecule has 0 fully saturated rings. The standard InChI is InChI=1S/C21H23N3O8/c1-31-20(27)17(11-14-7-9-16(10-8-14)24(29)30)22-19(26)18(12-25)23-21(28)32-13-15-5-3-2-4-6-15/h2-10,17-18,25H,11-13H2,1H3,(H,22,26)(H,23,28)/t17-,18-/m0/s1. The van der Waals surface area contributed by atoms with E-state index in [-0.39, 0.29) is 18.7 Å². The predicted molar refractivity (Wildman–Crippen MR) is 111 cm³/mol. The van der Waals surface area contributed by atoms with Crippen molar-refractivity contribution in [2.24, 2.45) is 0 Å². The van der Waals surface area contributed by atoms with E-state index < -0.39 is 41.6 Å². The molecule has 2 aromatic rings. The highest BCUT2D eigenvalue weighted by Crippen LogP contribution is 2.13. The Hall–Kier alpha value is -3.99. The first kappa shape index (κ1) is 24.3. The number of benzene rings is 2. The number of aliphatic hydroxyl groups excluding tert-OH is 1. The summed E-state index contributed by atoms with van der Waals surface area (Å²) in [6.07, 6.45) is -0.944. The molecule has 0 radical (unpaired) electrons. The number of nitrogens with one attached hydrogen (secondary N) is 2. The van der Waals surface area contributed by atoms with Gasteiger partial charge in [0.1, 0.15) is 18.7 Å². The largest absolute Gasteiger partial charge is 0.467 e. The van der Waals surface area contributed by atoms with Crippen LogP contribution in [-0.2, 0) is 32.1 Å². The molecule has 170 valence electrons. The minimum absolute atomic E-state index is 0.0208. The van der Waals surface area contributed by atoms with Gasteiger partial charge >= 0.3 is 12.1 Å². The summed E-state index contributed by atoms with van der Waals surface area (Å²) in [5.74, 6) is -1.60. The van der Waals surface area contributed by atoms with Crippen molar-refractivity contribution in [1.82, 2.24) is 10.6 Å². The van der Waals surface area contributed by atoms with Crippen LogP contribution in [0.1, 0.15) is 11.1 Å². The number of ether oxygens (including phenoxy) is 2. The molecule has 3 N–H and O–H groups in total. The quantitative estimate of drug-likeness (QED) is 0.279. The molecule has 2 rings (SSSR count). The molecule has 0 heterocycles. The number of non-ortho nitro benzene ring substituents is 1. The number of esters is 1. The molecule has 2 atom stereocenters. The van der Waals surface area contributed by atoms with Crippen molar-refractivity contribution in [3.8, 4) is 0 Å². The van der Waals surface area contributed by atoms with Gasteiger partial charge < -0.3 is 25.2 Å². The lowest BCUT2D eigenvalue weighted by molar-refractivity contribution is -0.384. The molecule has 11 heteroatoms. The number of hydrogen-bond donors (Lipinski definition) is 3. The Balaban J connectivity index is 1.97. The van der Waals surface area contributed by atoms with Crippen molar-refractivity contribution >= 4 is 23.7 Å². The topological polar surface area (TPSA) is 157 Å². The highest BCUT2D eigenvalue weighted by molar-refractivity contribution is 5.89. The van der Waals surface area contributed by atoms with E-state index in [4.69, 9.17) is 9.47 Å². The molecule has 0 aromatic heterocycles. The summed E-state index contributed by atoms with van der Waals surface area (Å²) in [5, 5.41) is 24.9. The molecule has 0 spiro atoms. The zero-order valence-corrected chi connectivity index (χ0v) is 17.2. The van der Waals surface area contributed by atoms with E-state index in [9.17, 15) is 29.6 Å². The van der Waals surface area contributed by atoms with Crippen molar-refractivity contribution in [3.63, 3.8) is 0 Å². The Morgan fingerprint density at radius 3 is 2.22 bits per heavy atom. The van der Waals surface area contributed by atoms with Gasteiger partial charge in [0.15, 0.2) is 0 Å². The zero-order valence-electron chi connectivity index (χ0n) is 17.2. The smallest absolute Gasteiger partial charge is 0.408 e. The Morgan fingerprint density at radius 1 is 1.00 bits per heavy atom. The number of nitrogens with zero attached hydrogens (tertiary/aromatic N) is 1. The number of amides is 2. The number of carbonyl (C=O) groups is 3. The fraction of sp³-hybridized carbons (Fsp3) is 0.286. The number of nitro benzene ring substituents is 1. The number of methoxy groups -OCH3 is 1. The van der Waals surface area contributed by atoms with Crippen molar-refractivity contribution in [2.75, 3.05) is 13.7 Å². The van der Waals surface area contributed by atoms with Gasteiger partial charge in [-0.2, -0.15) is 0 Å². The van der Waals surface area contributed by atoms with Crippen molar-refractivity contribution < 1.29 is 33.9 Å². The maximum Gasteiger partial charge on any atom is 0.408 e. The number of hydrogen-bond acceptors (Lipinski definition) is 8. The maximum absolute atomic E-state index is 12.5. The van der Waals surface area contributed by atoms with E-state index in [1.54, 1.807) is 24.3 Å². The van der Waals surface area contributed by atoms with Gasteiger partial charge in [-0.05, 0) is 11.1 Å². The van der Waals surface area contributed by atoms with E-state index in [0.29, 0.717) is 5.56 Å². The van der Waals surface area contributed by atoms with Crippen LogP contribution >= 0.6 is 0 Å². The molecule has 0 aliphatic carbocycles. The first-order valence-corrected chi connectivity index (χ1v) is 9.53. The Kier molecular flexibility index (Phi) is 9.11. The van der Waals surface area contributed by atoms with E-state index in [1.807, 2.05) is 6.07 Å². The summed E-state index contributed by atoms with van der Waals surface area (Å²) < 4.78 is 9.72. The Labute approximate surface area is 183 Å². The number of rotatable bonds is 10. The second-order valence-corrected chi connectivity index (χ2v) is 6.65. The lowest BCUT2D eigenvalue weighted by Gasteiger charge is -2.21. The zero-order chi connectivity index (χ0) is 23.5. The third kappa shape index (κ3) is 7.36. The summed E-state index contributed by atoms with van der Waals surface area (Å²) in [5.41, 5.74) is 1.15. The molecule has 0 saturated carbocycles. The molecule has 0 aliphatic heterocycles. The van der Waals surface area contributed by atoms with Gasteiger partial charge in [0, 0.05) is 18.6 Å². The van der Waals surface area contributed by atoms with E-state index in [1.165, 1.54) is 24.3 Å². The van der Waals surface area contributed by atoms with Gasteiger partial charge in [0.05, 0.1) is 18.6 Å². The number of alkyl carbamates (subject to hydrolysis) is 1. The Bertz CT molecular complexity index is 934. The highest BCUT2D eigenvalue weighted by Gasteiger charge is 2.27. The predicted octanol–water partition coefficient (Wildman–Crippen LogP) is 1.08. The summed E-state index contributed by atoms with van der Waals surface area (Å²) in [6, 6.07) is 11.8. The first-order chi connectivity index (χ1) is 15.3. The van der Waals surface area contributed by atoms with Crippen LogP contribution in [0.5, 0.6) is 0 Å². The third-order valence-electron chi connectivity index (χ3n) is 4.39. The fourth-order valence-corrected chi connectivity index (χ4v) is 2.70. The van der Waals surface area contributed by atoms with Crippen LogP contribution in [-0.4, -0.2) is 53.8 Å². The van der Waals surface area contributed by atoms with E-state index in [2.05, 4.69) is 10.6 Å². The van der Waals surface area contributed by atoms with Gasteiger partial charge in [-0.25, -0.2) is 9.59 Å². The normalized spacial score (nSPS) is 12.2. The number of nitro groups is 1. The lowest BCUT2D eigenvalue weighted by atomic mass is 10.0. The third-order valence-corrected chi connectivity index (χ3v) is 4.39. The van der Waals surface area contributed by atoms with Crippen LogP contribution in [0.25, 0.3) is 0 Å². The summed E-state index contributed by atoms with van der Waals surface area (Å²) >= 11 is 0. The number of carbonyl (C=O) groups excluding carboxylic acids is 3. The van der Waals surface area contributed by atoms with E-state index >= 15 is 0 Å². The SMILES string of the molecule is COC(=O)[C@H](Cc1ccc([N+](=O)[O-])cc1)NC(=O)[C@H](CO)NC(=O)OCc1ccccc1. The first-order valence-electron chi connectivity index (χ1n) is 9.53. The molecule has 2 amide bonds. The van der Waals surface area contributed by atoms with Crippen molar-refractivity contribution in [2.45, 2.75) is 25.1 Å². The second-order valence-electron chi connectivity index (χ2n) is 6.65. The highest BCUT2D eigenvalue weighted by atomic mass is 16.6. The summed E-state index contributed by atoms with van der Waals surface area (Å²) in [7, 11) is 1.14. The van der Waals surface area contributed by atoms with Crippen LogP contribution in [0.4, 0.5) is 10.5 Å². The van der Waals surface area contributed by atoms with Crippen LogP contribution in [0, 0.1) is 10.1 Å². The van der Waals surface area contributed by atoms with Crippen LogP contribution < -0.4 is 10.6 Å². The number of aliphatic hydroxyl groups is 1. The molecule has 0 saturated heterocycles. The molecule has 11 nitrogen and oxygen atoms in total. The maximum atomic E-state index is 12.5. The van der Waals surface area contributed by atoms with Gasteiger partial charge in [0.2, 0.25) is 5.91 Å². The molecule has 0 bridgehead atoms. The summed E-state index contributed by atoms with van der Waals surface area (Å²) in [6.45, 7) is -0.769. The average molecular weight is 445 g/mol. The molecule has 2 aromatic carbocycles. The Morgan fingerprint density at radius 2 is 1.66 bits per heavy atom. The molecule has 0 unspecified atom stereocenters. The molecular formula is C21H23N3O8. The molecule has 32 heavy (non-hydrogen) atoms. The van der Waals surface area contributed by atoms with Crippen molar-refractivity contribution in [3.05, 3.63) is 75.8 Å². The van der Waals surface area contributed by atoms with Crippen LogP contribution in [0.2, 0.25) is 0 Å². The van der Waals surface area contributed by atoms with Gasteiger partial charge in [-0.3, -0.25) is 14.9 Å². The van der Waals surface area contributed by atoms with Gasteiger partial charge in [0.25, 0.3) is 5.69 Å². The average Bonchev–Trinajstić information content (AvgIpc) is 2.81. The molecule has 0 aliphatic rings. The summed E-state index contributed by atoms with van der Waals surface area (Å²) in [4.78, 5) is 46.8. The lowest BCUT2D eigenvalue weighted by Crippen LogP contribution is -2.54. The second kappa shape index (κ2) is 12.0. The van der Waals surface area contributed by atoms with Gasteiger partial charge in [-0.1, -0.05) is 42.5 Å². The van der Waals surface area contributed by atoms with Crippen LogP contribution in [0.3, 0.4) is 0 Å². The minimum Gasteiger partial charge on any atom is -0.467 e. The van der Waals surface area contributed by atoms with Crippen LogP contribution in [0.15, 0.2) is 54.6 Å². The minimum atomic E-state index is -1.37. The van der Waals surface area contributed by atoms with Crippen molar-refractivity contribution in [1.29, 1.82) is 0 Å². The van der Waals surface area contributed by atoms with E-state index in [0.717, 1.165) is 12.7 Å². The van der Waals surface area contributed by atoms with Gasteiger partial charge in [-0.15, -0.1) is 0 Å². The fourth-order valence-electron chi connectivity index (χ4n) is 2.70. The monoisotopic (exact) mass is 445 g/mol. The molecular weight excluding hydrogens is 422 g/mol.